The Morgan fingerprint density at radius 1 is 1.07 bits per heavy atom. The number of anilines is 2. The lowest BCUT2D eigenvalue weighted by Crippen LogP contribution is -3.15. The van der Waals surface area contributed by atoms with Gasteiger partial charge in [0.1, 0.15) is 0 Å². The Bertz CT molecular complexity index is 873. The number of benzene rings is 2. The quantitative estimate of drug-likeness (QED) is 0.749. The van der Waals surface area contributed by atoms with E-state index in [0.717, 1.165) is 48.9 Å². The van der Waals surface area contributed by atoms with Gasteiger partial charge in [0, 0.05) is 16.9 Å². The number of ketones is 1. The summed E-state index contributed by atoms with van der Waals surface area (Å²) in [7, 11) is 0. The van der Waals surface area contributed by atoms with Crippen molar-refractivity contribution in [3.8, 4) is 0 Å². The summed E-state index contributed by atoms with van der Waals surface area (Å²) in [5.74, 6) is -0.281. The molecule has 8 heteroatoms. The summed E-state index contributed by atoms with van der Waals surface area (Å²) in [6.45, 7) is 4.72. The average Bonchev–Trinajstić information content (AvgIpc) is 2.68. The molecule has 1 saturated heterocycles. The van der Waals surface area contributed by atoms with Crippen LogP contribution in [-0.2, 0) is 11.0 Å². The fraction of sp³-hybridized carbons (Fsp3) is 0.333. The summed E-state index contributed by atoms with van der Waals surface area (Å²) in [6.07, 6.45) is -4.44. The Balaban J connectivity index is 1.50. The predicted molar refractivity (Wildman–Crippen MR) is 104 cm³/mol. The molecule has 5 nitrogen and oxygen atoms in total. The van der Waals surface area contributed by atoms with Gasteiger partial charge in [-0.2, -0.15) is 13.2 Å². The predicted octanol–water partition coefficient (Wildman–Crippen LogP) is 2.25. The molecule has 2 aromatic rings. The van der Waals surface area contributed by atoms with Crippen molar-refractivity contribution in [1.82, 2.24) is 0 Å². The number of piperazine rings is 1. The highest BCUT2D eigenvalue weighted by Crippen LogP contribution is 2.30. The third-order valence-electron chi connectivity index (χ3n) is 4.99. The van der Waals surface area contributed by atoms with Crippen LogP contribution >= 0.6 is 0 Å². The maximum Gasteiger partial charge on any atom is 0.416 e. The van der Waals surface area contributed by atoms with E-state index in [0.29, 0.717) is 5.56 Å². The van der Waals surface area contributed by atoms with E-state index in [4.69, 9.17) is 0 Å². The van der Waals surface area contributed by atoms with Crippen molar-refractivity contribution in [2.45, 2.75) is 13.1 Å². The van der Waals surface area contributed by atoms with E-state index >= 15 is 0 Å². The van der Waals surface area contributed by atoms with E-state index in [-0.39, 0.29) is 23.9 Å². The van der Waals surface area contributed by atoms with E-state index in [9.17, 15) is 22.8 Å². The molecule has 2 aromatic carbocycles. The lowest BCUT2D eigenvalue weighted by atomic mass is 10.1. The van der Waals surface area contributed by atoms with Crippen LogP contribution in [0.2, 0.25) is 0 Å². The van der Waals surface area contributed by atoms with Gasteiger partial charge in [0.15, 0.2) is 12.3 Å². The number of carbonyl (C=O) groups excluding carboxylic acids is 2. The largest absolute Gasteiger partial charge is 0.416 e. The van der Waals surface area contributed by atoms with E-state index < -0.39 is 11.7 Å². The molecule has 0 aliphatic carbocycles. The zero-order chi connectivity index (χ0) is 21.0. The molecule has 1 aliphatic rings. The first-order chi connectivity index (χ1) is 13.7. The fourth-order valence-corrected chi connectivity index (χ4v) is 3.37. The van der Waals surface area contributed by atoms with Gasteiger partial charge in [0.25, 0.3) is 5.91 Å². The number of quaternary nitrogens is 1. The van der Waals surface area contributed by atoms with E-state index in [1.165, 1.54) is 19.1 Å². The number of hydrogen-bond donors (Lipinski definition) is 2. The van der Waals surface area contributed by atoms with Crippen LogP contribution < -0.4 is 15.1 Å². The molecule has 1 aliphatic heterocycles. The Morgan fingerprint density at radius 2 is 1.72 bits per heavy atom. The number of rotatable bonds is 5. The molecule has 1 fully saturated rings. The fourth-order valence-electron chi connectivity index (χ4n) is 3.37. The van der Waals surface area contributed by atoms with Crippen molar-refractivity contribution < 1.29 is 27.7 Å². The molecular weight excluding hydrogens is 383 g/mol. The molecule has 29 heavy (non-hydrogen) atoms. The Morgan fingerprint density at radius 3 is 2.31 bits per heavy atom. The van der Waals surface area contributed by atoms with Crippen LogP contribution in [0, 0.1) is 0 Å². The summed E-state index contributed by atoms with van der Waals surface area (Å²) in [5.41, 5.74) is 1.06. The normalized spacial score (nSPS) is 15.2. The average molecular weight is 406 g/mol. The minimum absolute atomic E-state index is 0.0256. The van der Waals surface area contributed by atoms with Crippen LogP contribution in [0.1, 0.15) is 22.8 Å². The number of amides is 1. The number of nitrogens with one attached hydrogen (secondary N) is 2. The molecule has 0 unspecified atom stereocenters. The van der Waals surface area contributed by atoms with Gasteiger partial charge in [-0.25, -0.2) is 0 Å². The van der Waals surface area contributed by atoms with Gasteiger partial charge >= 0.3 is 6.18 Å². The summed E-state index contributed by atoms with van der Waals surface area (Å²) < 4.78 is 38.3. The van der Waals surface area contributed by atoms with Gasteiger partial charge in [0.2, 0.25) is 0 Å². The molecule has 2 N–H and O–H groups in total. The molecule has 154 valence electrons. The van der Waals surface area contributed by atoms with Crippen molar-refractivity contribution in [3.05, 3.63) is 59.7 Å². The van der Waals surface area contributed by atoms with E-state index in [2.05, 4.69) is 10.2 Å². The number of hydrogen-bond acceptors (Lipinski definition) is 3. The Labute approximate surface area is 167 Å². The number of Topliss-reactive ketones (excluding diaryl/α,β-unsaturated/α-hetero) is 1. The van der Waals surface area contributed by atoms with Crippen molar-refractivity contribution in [1.29, 1.82) is 0 Å². The van der Waals surface area contributed by atoms with Crippen LogP contribution in [0.15, 0.2) is 48.5 Å². The van der Waals surface area contributed by atoms with Crippen molar-refractivity contribution in [2.75, 3.05) is 42.9 Å². The highest BCUT2D eigenvalue weighted by Gasteiger charge is 2.30. The molecular formula is C21H23F3N3O2+. The second-order valence-corrected chi connectivity index (χ2v) is 7.14. The maximum atomic E-state index is 12.8. The Kier molecular flexibility index (Phi) is 6.22. The second-order valence-electron chi connectivity index (χ2n) is 7.14. The number of alkyl halides is 3. The lowest BCUT2D eigenvalue weighted by Gasteiger charge is -2.33. The molecule has 0 aromatic heterocycles. The molecule has 1 heterocycles. The van der Waals surface area contributed by atoms with Gasteiger partial charge in [0.05, 0.1) is 31.7 Å². The van der Waals surface area contributed by atoms with Crippen molar-refractivity contribution in [3.63, 3.8) is 0 Å². The highest BCUT2D eigenvalue weighted by atomic mass is 19.4. The summed E-state index contributed by atoms with van der Waals surface area (Å²) in [5, 5.41) is 2.56. The van der Waals surface area contributed by atoms with E-state index in [1.54, 1.807) is 12.1 Å². The van der Waals surface area contributed by atoms with Gasteiger partial charge in [-0.05, 0) is 49.4 Å². The second kappa shape index (κ2) is 8.65. The van der Waals surface area contributed by atoms with Gasteiger partial charge in [-0.15, -0.1) is 0 Å². The topological polar surface area (TPSA) is 53.9 Å². The summed E-state index contributed by atoms with van der Waals surface area (Å²) >= 11 is 0. The molecule has 1 amide bonds. The zero-order valence-corrected chi connectivity index (χ0v) is 16.1. The molecule has 0 bridgehead atoms. The first-order valence-electron chi connectivity index (χ1n) is 9.39. The number of carbonyl (C=O) groups is 2. The first-order valence-corrected chi connectivity index (χ1v) is 9.39. The maximum absolute atomic E-state index is 12.8. The zero-order valence-electron chi connectivity index (χ0n) is 16.1. The minimum atomic E-state index is -4.44. The van der Waals surface area contributed by atoms with Gasteiger partial charge < -0.3 is 15.1 Å². The van der Waals surface area contributed by atoms with Crippen LogP contribution in [0.4, 0.5) is 24.5 Å². The standard InChI is InChI=1S/C21H22F3N3O2/c1-15(28)16-5-7-19(8-6-16)27-11-9-26(10-12-27)14-20(29)25-18-4-2-3-17(13-18)21(22,23)24/h2-8,13H,9-12,14H2,1H3,(H,25,29)/p+1. The lowest BCUT2D eigenvalue weighted by molar-refractivity contribution is -0.892. The van der Waals surface area contributed by atoms with E-state index in [1.807, 2.05) is 12.1 Å². The van der Waals surface area contributed by atoms with Crippen LogP contribution in [-0.4, -0.2) is 44.4 Å². The smallest absolute Gasteiger partial charge is 0.360 e. The molecule has 3 rings (SSSR count). The monoisotopic (exact) mass is 406 g/mol. The molecule has 0 atom stereocenters. The van der Waals surface area contributed by atoms with Crippen LogP contribution in [0.5, 0.6) is 0 Å². The SMILES string of the molecule is CC(=O)c1ccc(N2CC[NH+](CC(=O)Nc3cccc(C(F)(F)F)c3)CC2)cc1. The highest BCUT2D eigenvalue weighted by molar-refractivity contribution is 5.94. The van der Waals surface area contributed by atoms with Crippen LogP contribution in [0.3, 0.4) is 0 Å². The number of halogens is 3. The third kappa shape index (κ3) is 5.57. The summed E-state index contributed by atoms with van der Waals surface area (Å²) in [4.78, 5) is 26.9. The third-order valence-corrected chi connectivity index (χ3v) is 4.99. The Hall–Kier alpha value is -2.87. The van der Waals surface area contributed by atoms with Gasteiger partial charge in [-0.3, -0.25) is 9.59 Å². The molecule has 0 spiro atoms. The van der Waals surface area contributed by atoms with Crippen molar-refractivity contribution in [2.24, 2.45) is 0 Å². The molecule has 0 saturated carbocycles. The van der Waals surface area contributed by atoms with Crippen LogP contribution in [0.25, 0.3) is 0 Å². The van der Waals surface area contributed by atoms with Gasteiger partial charge in [-0.1, -0.05) is 6.07 Å². The molecule has 0 radical (unpaired) electrons. The van der Waals surface area contributed by atoms with Crippen molar-refractivity contribution >= 4 is 23.1 Å². The first kappa shape index (κ1) is 20.9. The minimum Gasteiger partial charge on any atom is -0.360 e. The number of nitrogens with zero attached hydrogens (tertiary/aromatic N) is 1. The summed E-state index contributed by atoms with van der Waals surface area (Å²) in [6, 6.07) is 12.1.